The number of guanidine groups is 1. The minimum atomic E-state index is 0.510. The Morgan fingerprint density at radius 3 is 2.35 bits per heavy atom. The highest BCUT2D eigenvalue weighted by Crippen LogP contribution is 2.08. The zero-order valence-corrected chi connectivity index (χ0v) is 20.6. The second-order valence-electron chi connectivity index (χ2n) is 9.02. The number of rotatable bonds is 12. The SMILES string of the molecule is CCNC(=NCC(C)CN1CCN(CC)CC1)NCCC(C)N(C)Cc1ccccc1. The normalized spacial score (nSPS) is 18.2. The molecule has 6 nitrogen and oxygen atoms in total. The average molecular weight is 431 g/mol. The number of nitrogens with zero attached hydrogens (tertiary/aromatic N) is 4. The third-order valence-corrected chi connectivity index (χ3v) is 6.27. The van der Waals surface area contributed by atoms with Crippen LogP contribution in [0, 0.1) is 5.92 Å². The van der Waals surface area contributed by atoms with Gasteiger partial charge in [-0.3, -0.25) is 9.89 Å². The van der Waals surface area contributed by atoms with Gasteiger partial charge in [0, 0.05) is 64.9 Å². The van der Waals surface area contributed by atoms with Crippen LogP contribution in [0.4, 0.5) is 0 Å². The van der Waals surface area contributed by atoms with Gasteiger partial charge in [0.15, 0.2) is 5.96 Å². The first-order chi connectivity index (χ1) is 15.0. The van der Waals surface area contributed by atoms with Crippen LogP contribution in [0.1, 0.15) is 39.7 Å². The molecule has 0 aliphatic carbocycles. The zero-order valence-electron chi connectivity index (χ0n) is 20.6. The Bertz CT molecular complexity index is 612. The summed E-state index contributed by atoms with van der Waals surface area (Å²) in [6, 6.07) is 11.2. The van der Waals surface area contributed by atoms with Crippen LogP contribution >= 0.6 is 0 Å². The molecule has 2 N–H and O–H groups in total. The lowest BCUT2D eigenvalue weighted by molar-refractivity contribution is 0.125. The summed E-state index contributed by atoms with van der Waals surface area (Å²) in [5.74, 6) is 1.52. The van der Waals surface area contributed by atoms with E-state index in [2.05, 4.69) is 90.4 Å². The molecule has 1 aromatic carbocycles. The van der Waals surface area contributed by atoms with Crippen LogP contribution in [0.15, 0.2) is 35.3 Å². The van der Waals surface area contributed by atoms with Gasteiger partial charge in [0.2, 0.25) is 0 Å². The molecule has 1 aromatic rings. The number of nitrogens with one attached hydrogen (secondary N) is 2. The molecular formula is C25H46N6. The Morgan fingerprint density at radius 2 is 1.71 bits per heavy atom. The monoisotopic (exact) mass is 430 g/mol. The minimum Gasteiger partial charge on any atom is -0.357 e. The molecule has 176 valence electrons. The number of hydrogen-bond acceptors (Lipinski definition) is 4. The molecule has 1 aliphatic rings. The van der Waals surface area contributed by atoms with Crippen molar-refractivity contribution in [2.45, 2.75) is 46.7 Å². The van der Waals surface area contributed by atoms with Gasteiger partial charge in [-0.2, -0.15) is 0 Å². The van der Waals surface area contributed by atoms with Gasteiger partial charge in [0.1, 0.15) is 0 Å². The third-order valence-electron chi connectivity index (χ3n) is 6.27. The van der Waals surface area contributed by atoms with Crippen molar-refractivity contribution in [1.82, 2.24) is 25.3 Å². The molecule has 2 unspecified atom stereocenters. The average Bonchev–Trinajstić information content (AvgIpc) is 2.78. The van der Waals surface area contributed by atoms with Crippen LogP contribution in [-0.2, 0) is 6.54 Å². The van der Waals surface area contributed by atoms with E-state index in [0.717, 1.165) is 45.1 Å². The van der Waals surface area contributed by atoms with E-state index >= 15 is 0 Å². The van der Waals surface area contributed by atoms with E-state index in [1.165, 1.54) is 38.3 Å². The summed E-state index contributed by atoms with van der Waals surface area (Å²) < 4.78 is 0. The van der Waals surface area contributed by atoms with Gasteiger partial charge < -0.3 is 20.4 Å². The maximum atomic E-state index is 4.86. The number of piperazine rings is 1. The summed E-state index contributed by atoms with van der Waals surface area (Å²) in [7, 11) is 2.21. The van der Waals surface area contributed by atoms with E-state index in [9.17, 15) is 0 Å². The maximum Gasteiger partial charge on any atom is 0.191 e. The van der Waals surface area contributed by atoms with Crippen molar-refractivity contribution in [2.24, 2.45) is 10.9 Å². The van der Waals surface area contributed by atoms with E-state index in [4.69, 9.17) is 4.99 Å². The zero-order chi connectivity index (χ0) is 22.5. The number of aliphatic imine (C=N–C) groups is 1. The van der Waals surface area contributed by atoms with Crippen LogP contribution in [-0.4, -0.2) is 92.7 Å². The van der Waals surface area contributed by atoms with E-state index in [-0.39, 0.29) is 0 Å². The number of benzene rings is 1. The van der Waals surface area contributed by atoms with Crippen molar-refractivity contribution in [3.63, 3.8) is 0 Å². The standard InChI is InChI=1S/C25H46N6/c1-6-26-25(28-19-22(3)20-31-17-15-30(7-2)16-18-31)27-14-13-23(4)29(5)21-24-11-9-8-10-12-24/h8-12,22-23H,6-7,13-21H2,1-5H3,(H2,26,27,28). The van der Waals surface area contributed by atoms with Crippen molar-refractivity contribution in [3.8, 4) is 0 Å². The summed E-state index contributed by atoms with van der Waals surface area (Å²) >= 11 is 0. The van der Waals surface area contributed by atoms with Crippen molar-refractivity contribution in [2.75, 3.05) is 66.0 Å². The van der Waals surface area contributed by atoms with Crippen molar-refractivity contribution in [1.29, 1.82) is 0 Å². The van der Waals surface area contributed by atoms with Crippen molar-refractivity contribution >= 4 is 5.96 Å². The van der Waals surface area contributed by atoms with Gasteiger partial charge in [-0.05, 0) is 45.3 Å². The first kappa shape index (κ1) is 25.6. The molecule has 0 bridgehead atoms. The Kier molecular flexibility index (Phi) is 11.9. The molecule has 6 heteroatoms. The van der Waals surface area contributed by atoms with Gasteiger partial charge in [-0.1, -0.05) is 44.2 Å². The second kappa shape index (κ2) is 14.4. The van der Waals surface area contributed by atoms with E-state index in [1.807, 2.05) is 0 Å². The number of likely N-dealkylation sites (N-methyl/N-ethyl adjacent to an activating group) is 1. The Hall–Kier alpha value is -1.63. The van der Waals surface area contributed by atoms with Gasteiger partial charge >= 0.3 is 0 Å². The molecule has 1 saturated heterocycles. The molecular weight excluding hydrogens is 384 g/mol. The highest BCUT2D eigenvalue weighted by molar-refractivity contribution is 5.79. The van der Waals surface area contributed by atoms with Gasteiger partial charge in [0.25, 0.3) is 0 Å². The van der Waals surface area contributed by atoms with Crippen molar-refractivity contribution < 1.29 is 0 Å². The van der Waals surface area contributed by atoms with Crippen LogP contribution in [0.25, 0.3) is 0 Å². The molecule has 1 aliphatic heterocycles. The topological polar surface area (TPSA) is 46.1 Å². The Labute approximate surface area is 191 Å². The predicted molar refractivity (Wildman–Crippen MR) is 134 cm³/mol. The number of hydrogen-bond donors (Lipinski definition) is 2. The maximum absolute atomic E-state index is 4.86. The molecule has 0 aromatic heterocycles. The van der Waals surface area contributed by atoms with E-state index in [1.54, 1.807) is 0 Å². The molecule has 0 saturated carbocycles. The molecule has 31 heavy (non-hydrogen) atoms. The molecule has 2 atom stereocenters. The van der Waals surface area contributed by atoms with Crippen molar-refractivity contribution in [3.05, 3.63) is 35.9 Å². The lowest BCUT2D eigenvalue weighted by Gasteiger charge is -2.35. The Balaban J connectivity index is 1.70. The van der Waals surface area contributed by atoms with E-state index < -0.39 is 0 Å². The fourth-order valence-corrected chi connectivity index (χ4v) is 4.02. The summed E-state index contributed by atoms with van der Waals surface area (Å²) in [5.41, 5.74) is 1.37. The fourth-order valence-electron chi connectivity index (χ4n) is 4.02. The summed E-state index contributed by atoms with van der Waals surface area (Å²) in [6.07, 6.45) is 1.09. The summed E-state index contributed by atoms with van der Waals surface area (Å²) in [5, 5.41) is 6.94. The largest absolute Gasteiger partial charge is 0.357 e. The third kappa shape index (κ3) is 10.0. The first-order valence-corrected chi connectivity index (χ1v) is 12.2. The van der Waals surface area contributed by atoms with Gasteiger partial charge in [-0.15, -0.1) is 0 Å². The molecule has 0 radical (unpaired) electrons. The highest BCUT2D eigenvalue weighted by atomic mass is 15.3. The molecule has 2 rings (SSSR count). The first-order valence-electron chi connectivity index (χ1n) is 12.2. The minimum absolute atomic E-state index is 0.510. The highest BCUT2D eigenvalue weighted by Gasteiger charge is 2.17. The quantitative estimate of drug-likeness (QED) is 0.394. The van der Waals surface area contributed by atoms with Gasteiger partial charge in [0.05, 0.1) is 0 Å². The lowest BCUT2D eigenvalue weighted by Crippen LogP contribution is -2.47. The van der Waals surface area contributed by atoms with Gasteiger partial charge in [-0.25, -0.2) is 0 Å². The smallest absolute Gasteiger partial charge is 0.191 e. The lowest BCUT2D eigenvalue weighted by atomic mass is 10.1. The molecule has 0 spiro atoms. The van der Waals surface area contributed by atoms with Crippen LogP contribution in [0.3, 0.4) is 0 Å². The summed E-state index contributed by atoms with van der Waals surface area (Å²) in [4.78, 5) is 12.4. The van der Waals surface area contributed by atoms with E-state index in [0.29, 0.717) is 12.0 Å². The second-order valence-corrected chi connectivity index (χ2v) is 9.02. The van der Waals surface area contributed by atoms with Crippen LogP contribution < -0.4 is 10.6 Å². The molecule has 0 amide bonds. The van der Waals surface area contributed by atoms with Crippen LogP contribution in [0.5, 0.6) is 0 Å². The fraction of sp³-hybridized carbons (Fsp3) is 0.720. The summed E-state index contributed by atoms with van der Waals surface area (Å²) in [6.45, 7) is 19.8. The molecule has 1 fully saturated rings. The molecule has 1 heterocycles. The van der Waals surface area contributed by atoms with Crippen LogP contribution in [0.2, 0.25) is 0 Å². The predicted octanol–water partition coefficient (Wildman–Crippen LogP) is 2.73. The Morgan fingerprint density at radius 1 is 1.03 bits per heavy atom.